The van der Waals surface area contributed by atoms with Crippen molar-refractivity contribution in [2.24, 2.45) is 5.92 Å². The third kappa shape index (κ3) is 3.53. The molecular weight excluding hydrogens is 342 g/mol. The Balaban J connectivity index is 2.80. The van der Waals surface area contributed by atoms with E-state index in [1.165, 1.54) is 24.3 Å². The predicted octanol–water partition coefficient (Wildman–Crippen LogP) is 6.30. The van der Waals surface area contributed by atoms with E-state index in [4.69, 9.17) is 0 Å². The minimum absolute atomic E-state index is 0.109. The van der Waals surface area contributed by atoms with Crippen molar-refractivity contribution in [3.63, 3.8) is 0 Å². The van der Waals surface area contributed by atoms with Gasteiger partial charge in [0, 0.05) is 0 Å². The number of rotatable bonds is 4. The van der Waals surface area contributed by atoms with Gasteiger partial charge in [0.25, 0.3) is 0 Å². The fraction of sp³-hybridized carbons (Fsp3) is 0.368. The van der Waals surface area contributed by atoms with Gasteiger partial charge in [0.1, 0.15) is 0 Å². The van der Waals surface area contributed by atoms with E-state index in [0.717, 1.165) is 24.3 Å². The maximum atomic E-state index is 13.9. The van der Waals surface area contributed by atoms with E-state index in [1.807, 2.05) is 13.8 Å². The van der Waals surface area contributed by atoms with Crippen molar-refractivity contribution in [3.05, 3.63) is 71.3 Å². The van der Waals surface area contributed by atoms with Crippen LogP contribution in [-0.2, 0) is 11.8 Å². The lowest BCUT2D eigenvalue weighted by molar-refractivity contribution is -0.288. The molecule has 0 amide bonds. The maximum Gasteiger partial charge on any atom is 0.411 e. The van der Waals surface area contributed by atoms with Crippen LogP contribution in [0.4, 0.5) is 26.3 Å². The molecule has 0 aliphatic carbocycles. The van der Waals surface area contributed by atoms with Gasteiger partial charge in [0.2, 0.25) is 5.41 Å². The number of hydrogen-bond donors (Lipinski definition) is 0. The maximum absolute atomic E-state index is 13.9. The van der Waals surface area contributed by atoms with Crippen molar-refractivity contribution < 1.29 is 26.3 Å². The zero-order valence-electron chi connectivity index (χ0n) is 13.7. The van der Waals surface area contributed by atoms with Crippen LogP contribution < -0.4 is 0 Å². The van der Waals surface area contributed by atoms with E-state index >= 15 is 0 Å². The van der Waals surface area contributed by atoms with Gasteiger partial charge in [-0.05, 0) is 29.0 Å². The second kappa shape index (κ2) is 6.73. The molecule has 0 aliphatic rings. The van der Waals surface area contributed by atoms with E-state index < -0.39 is 28.9 Å². The first-order valence-corrected chi connectivity index (χ1v) is 7.78. The second-order valence-corrected chi connectivity index (χ2v) is 6.41. The Hall–Kier alpha value is -1.98. The molecule has 0 spiro atoms. The normalized spacial score (nSPS) is 13.3. The molecule has 0 saturated carbocycles. The van der Waals surface area contributed by atoms with Crippen LogP contribution in [0.1, 0.15) is 30.5 Å². The van der Waals surface area contributed by atoms with Gasteiger partial charge in [0.05, 0.1) is 0 Å². The minimum atomic E-state index is -5.54. The summed E-state index contributed by atoms with van der Waals surface area (Å²) >= 11 is 0. The average molecular weight is 360 g/mol. The molecule has 136 valence electrons. The Bertz CT molecular complexity index is 684. The molecular formula is C19H18F6. The van der Waals surface area contributed by atoms with Gasteiger partial charge in [-0.2, -0.15) is 26.3 Å². The van der Waals surface area contributed by atoms with E-state index in [-0.39, 0.29) is 5.92 Å². The zero-order chi connectivity index (χ0) is 18.9. The average Bonchev–Trinajstić information content (AvgIpc) is 2.45. The summed E-state index contributed by atoms with van der Waals surface area (Å²) in [5.41, 5.74) is -5.26. The van der Waals surface area contributed by atoms with Crippen LogP contribution in [-0.4, -0.2) is 12.4 Å². The van der Waals surface area contributed by atoms with Crippen LogP contribution in [0, 0.1) is 5.92 Å². The topological polar surface area (TPSA) is 0 Å². The Morgan fingerprint density at radius 1 is 0.720 bits per heavy atom. The highest BCUT2D eigenvalue weighted by atomic mass is 19.4. The van der Waals surface area contributed by atoms with Gasteiger partial charge in [-0.15, -0.1) is 0 Å². The highest BCUT2D eigenvalue weighted by molar-refractivity contribution is 5.45. The van der Waals surface area contributed by atoms with Crippen LogP contribution in [0.15, 0.2) is 54.6 Å². The first-order chi connectivity index (χ1) is 11.5. The Kier molecular flexibility index (Phi) is 5.21. The lowest BCUT2D eigenvalue weighted by Gasteiger charge is -2.38. The summed E-state index contributed by atoms with van der Waals surface area (Å²) in [5.74, 6) is 0.109. The molecule has 0 aromatic heterocycles. The van der Waals surface area contributed by atoms with Gasteiger partial charge in [-0.1, -0.05) is 68.4 Å². The SMILES string of the molecule is CC(C)Cc1cccc(C(c2ccccc2)(C(F)(F)F)C(F)(F)F)c1. The van der Waals surface area contributed by atoms with Crippen molar-refractivity contribution in [1.82, 2.24) is 0 Å². The van der Waals surface area contributed by atoms with Crippen LogP contribution in [0.5, 0.6) is 0 Å². The smallest absolute Gasteiger partial charge is 0.169 e. The molecule has 6 heteroatoms. The molecule has 0 unspecified atom stereocenters. The summed E-state index contributed by atoms with van der Waals surface area (Å²) in [6, 6.07) is 10.2. The quantitative estimate of drug-likeness (QED) is 0.562. The van der Waals surface area contributed by atoms with Crippen molar-refractivity contribution in [3.8, 4) is 0 Å². The third-order valence-corrected chi connectivity index (χ3v) is 4.06. The lowest BCUT2D eigenvalue weighted by Crippen LogP contribution is -2.54. The summed E-state index contributed by atoms with van der Waals surface area (Å²) in [6.45, 7) is 3.70. The number of benzene rings is 2. The molecule has 0 radical (unpaired) electrons. The van der Waals surface area contributed by atoms with Crippen LogP contribution in [0.2, 0.25) is 0 Å². The predicted molar refractivity (Wildman–Crippen MR) is 84.3 cm³/mol. The lowest BCUT2D eigenvalue weighted by atomic mass is 9.72. The first kappa shape index (κ1) is 19.3. The van der Waals surface area contributed by atoms with Crippen LogP contribution in [0.25, 0.3) is 0 Å². The standard InChI is InChI=1S/C19H18F6/c1-13(2)11-14-7-6-10-16(12-14)17(18(20,21)22,19(23,24)25)15-8-4-3-5-9-15/h3-10,12-13H,11H2,1-2H3. The first-order valence-electron chi connectivity index (χ1n) is 7.78. The largest absolute Gasteiger partial charge is 0.411 e. The van der Waals surface area contributed by atoms with E-state index in [0.29, 0.717) is 12.0 Å². The summed E-state index contributed by atoms with van der Waals surface area (Å²) in [7, 11) is 0. The molecule has 2 rings (SSSR count). The molecule has 0 saturated heterocycles. The van der Waals surface area contributed by atoms with E-state index in [2.05, 4.69) is 0 Å². The molecule has 0 fully saturated rings. The van der Waals surface area contributed by atoms with Crippen molar-refractivity contribution in [2.45, 2.75) is 38.0 Å². The van der Waals surface area contributed by atoms with Crippen molar-refractivity contribution in [2.75, 3.05) is 0 Å². The summed E-state index contributed by atoms with van der Waals surface area (Å²) < 4.78 is 83.5. The van der Waals surface area contributed by atoms with Gasteiger partial charge in [0.15, 0.2) is 0 Å². The Morgan fingerprint density at radius 2 is 1.24 bits per heavy atom. The molecule has 0 N–H and O–H groups in total. The fourth-order valence-corrected chi connectivity index (χ4v) is 3.07. The Morgan fingerprint density at radius 3 is 1.72 bits per heavy atom. The zero-order valence-corrected chi connectivity index (χ0v) is 13.7. The monoisotopic (exact) mass is 360 g/mol. The summed E-state index contributed by atoms with van der Waals surface area (Å²) in [4.78, 5) is 0. The number of hydrogen-bond acceptors (Lipinski definition) is 0. The molecule has 0 heterocycles. The van der Waals surface area contributed by atoms with E-state index in [9.17, 15) is 26.3 Å². The molecule has 0 nitrogen and oxygen atoms in total. The van der Waals surface area contributed by atoms with Gasteiger partial charge >= 0.3 is 12.4 Å². The molecule has 2 aromatic carbocycles. The highest BCUT2D eigenvalue weighted by Gasteiger charge is 2.72. The van der Waals surface area contributed by atoms with Crippen molar-refractivity contribution >= 4 is 0 Å². The van der Waals surface area contributed by atoms with Gasteiger partial charge in [-0.3, -0.25) is 0 Å². The number of alkyl halides is 6. The van der Waals surface area contributed by atoms with Gasteiger partial charge in [-0.25, -0.2) is 0 Å². The second-order valence-electron chi connectivity index (χ2n) is 6.41. The van der Waals surface area contributed by atoms with Crippen LogP contribution >= 0.6 is 0 Å². The minimum Gasteiger partial charge on any atom is -0.169 e. The fourth-order valence-electron chi connectivity index (χ4n) is 3.07. The molecule has 0 atom stereocenters. The van der Waals surface area contributed by atoms with Crippen LogP contribution in [0.3, 0.4) is 0 Å². The van der Waals surface area contributed by atoms with Gasteiger partial charge < -0.3 is 0 Å². The molecule has 0 aliphatic heterocycles. The highest BCUT2D eigenvalue weighted by Crippen LogP contribution is 2.56. The molecule has 0 bridgehead atoms. The molecule has 2 aromatic rings. The van der Waals surface area contributed by atoms with E-state index in [1.54, 1.807) is 6.07 Å². The number of halogens is 6. The summed E-state index contributed by atoms with van der Waals surface area (Å²) in [5, 5.41) is 0. The Labute approximate surface area is 142 Å². The molecule has 25 heavy (non-hydrogen) atoms. The van der Waals surface area contributed by atoms with Crippen molar-refractivity contribution in [1.29, 1.82) is 0 Å². The summed E-state index contributed by atoms with van der Waals surface area (Å²) in [6.07, 6.45) is -10.7. The third-order valence-electron chi connectivity index (χ3n) is 4.06.